The Morgan fingerprint density at radius 2 is 1.89 bits per heavy atom. The minimum atomic E-state index is -0.00651. The molecule has 0 saturated carbocycles. The van der Waals surface area contributed by atoms with E-state index in [1.54, 1.807) is 11.3 Å². The molecule has 0 fully saturated rings. The zero-order chi connectivity index (χ0) is 20.0. The third kappa shape index (κ3) is 5.80. The Morgan fingerprint density at radius 3 is 2.52 bits per heavy atom. The highest BCUT2D eigenvalue weighted by Gasteiger charge is 2.22. The molecule has 27 heavy (non-hydrogen) atoms. The van der Waals surface area contributed by atoms with Gasteiger partial charge in [0.1, 0.15) is 17.4 Å². The van der Waals surface area contributed by atoms with Crippen LogP contribution < -0.4 is 4.74 Å². The monoisotopic (exact) mass is 388 g/mol. The van der Waals surface area contributed by atoms with Crippen LogP contribution >= 0.6 is 11.3 Å². The Labute approximate surface area is 167 Å². The smallest absolute Gasteiger partial charge is 0.225 e. The summed E-state index contributed by atoms with van der Waals surface area (Å²) in [7, 11) is 0. The number of amides is 1. The molecule has 1 amide bonds. The van der Waals surface area contributed by atoms with Gasteiger partial charge in [-0.2, -0.15) is 0 Å². The van der Waals surface area contributed by atoms with Crippen LogP contribution in [0.3, 0.4) is 0 Å². The molecule has 1 aromatic carbocycles. The lowest BCUT2D eigenvalue weighted by Crippen LogP contribution is -2.40. The maximum atomic E-state index is 12.5. The Bertz CT molecular complexity index is 739. The third-order valence-corrected chi connectivity index (χ3v) is 5.59. The molecule has 0 unspecified atom stereocenters. The molecule has 0 aliphatic heterocycles. The maximum Gasteiger partial charge on any atom is 0.225 e. The Kier molecular flexibility index (Phi) is 7.84. The Balaban J connectivity index is 2.04. The number of rotatable bonds is 9. The molecular weight excluding hydrogens is 356 g/mol. The largest absolute Gasteiger partial charge is 0.486 e. The topological polar surface area (TPSA) is 42.4 Å². The van der Waals surface area contributed by atoms with Crippen LogP contribution in [0.15, 0.2) is 29.6 Å². The lowest BCUT2D eigenvalue weighted by Gasteiger charge is -2.29. The quantitative estimate of drug-likeness (QED) is 0.559. The van der Waals surface area contributed by atoms with Gasteiger partial charge < -0.3 is 9.64 Å². The standard InChI is InChI=1S/C22H32N2O2S/c1-7-17(6)24(22(25)16(4)5)12-18-14-27-21(23-18)13-26-20-11-9-8-10-19(20)15(2)3/h8-11,14-17H,7,12-13H2,1-6H3/t17-/m1/s1. The Hall–Kier alpha value is -1.88. The number of benzene rings is 1. The summed E-state index contributed by atoms with van der Waals surface area (Å²) in [5.74, 6) is 1.51. The molecule has 0 saturated heterocycles. The van der Waals surface area contributed by atoms with Gasteiger partial charge in [0.15, 0.2) is 0 Å². The van der Waals surface area contributed by atoms with Crippen molar-refractivity contribution in [2.45, 2.75) is 73.1 Å². The van der Waals surface area contributed by atoms with E-state index < -0.39 is 0 Å². The molecule has 2 rings (SSSR count). The summed E-state index contributed by atoms with van der Waals surface area (Å²) in [6.45, 7) is 13.4. The lowest BCUT2D eigenvalue weighted by atomic mass is 10.0. The maximum absolute atomic E-state index is 12.5. The predicted octanol–water partition coefficient (Wildman–Crippen LogP) is 5.63. The van der Waals surface area contributed by atoms with Crippen LogP contribution in [0.25, 0.3) is 0 Å². The Morgan fingerprint density at radius 1 is 1.19 bits per heavy atom. The highest BCUT2D eigenvalue weighted by Crippen LogP contribution is 2.27. The summed E-state index contributed by atoms with van der Waals surface area (Å²) < 4.78 is 6.02. The number of ether oxygens (including phenoxy) is 1. The van der Waals surface area contributed by atoms with E-state index in [2.05, 4.69) is 33.8 Å². The fourth-order valence-electron chi connectivity index (χ4n) is 2.89. The van der Waals surface area contributed by atoms with Crippen LogP contribution in [0.1, 0.15) is 70.1 Å². The number of carbonyl (C=O) groups is 1. The summed E-state index contributed by atoms with van der Waals surface area (Å²) in [5, 5.41) is 2.97. The second-order valence-electron chi connectivity index (χ2n) is 7.59. The van der Waals surface area contributed by atoms with Gasteiger partial charge in [-0.1, -0.05) is 52.8 Å². The van der Waals surface area contributed by atoms with Crippen molar-refractivity contribution in [1.29, 1.82) is 0 Å². The number of thiazole rings is 1. The SMILES string of the molecule is CC[C@@H](C)N(Cc1csc(COc2ccccc2C(C)C)n1)C(=O)C(C)C. The zero-order valence-electron chi connectivity index (χ0n) is 17.4. The minimum absolute atomic E-state index is 0.00651. The highest BCUT2D eigenvalue weighted by atomic mass is 32.1. The molecule has 0 spiro atoms. The van der Waals surface area contributed by atoms with Gasteiger partial charge in [-0.15, -0.1) is 11.3 Å². The molecule has 0 N–H and O–H groups in total. The normalized spacial score (nSPS) is 12.4. The third-order valence-electron chi connectivity index (χ3n) is 4.72. The van der Waals surface area contributed by atoms with Crippen molar-refractivity contribution in [3.63, 3.8) is 0 Å². The van der Waals surface area contributed by atoms with E-state index in [-0.39, 0.29) is 17.9 Å². The highest BCUT2D eigenvalue weighted by molar-refractivity contribution is 7.09. The van der Waals surface area contributed by atoms with E-state index in [1.807, 2.05) is 42.3 Å². The van der Waals surface area contributed by atoms with Crippen molar-refractivity contribution < 1.29 is 9.53 Å². The first-order valence-corrected chi connectivity index (χ1v) is 10.7. The van der Waals surface area contributed by atoms with E-state index in [9.17, 15) is 4.79 Å². The van der Waals surface area contributed by atoms with E-state index in [4.69, 9.17) is 9.72 Å². The van der Waals surface area contributed by atoms with Gasteiger partial charge in [0.25, 0.3) is 0 Å². The molecular formula is C22H32N2O2S. The van der Waals surface area contributed by atoms with E-state index in [0.717, 1.165) is 22.9 Å². The molecule has 148 valence electrons. The van der Waals surface area contributed by atoms with Crippen LogP contribution in [-0.4, -0.2) is 21.8 Å². The van der Waals surface area contributed by atoms with Crippen LogP contribution in [0.2, 0.25) is 0 Å². The van der Waals surface area contributed by atoms with Crippen LogP contribution in [0.5, 0.6) is 5.75 Å². The van der Waals surface area contributed by atoms with Crippen molar-refractivity contribution in [1.82, 2.24) is 9.88 Å². The molecule has 2 aromatic rings. The summed E-state index contributed by atoms with van der Waals surface area (Å²) >= 11 is 1.59. The van der Waals surface area contributed by atoms with Gasteiger partial charge in [-0.3, -0.25) is 4.79 Å². The minimum Gasteiger partial charge on any atom is -0.486 e. The lowest BCUT2D eigenvalue weighted by molar-refractivity contribution is -0.137. The number of carbonyl (C=O) groups excluding carboxylic acids is 1. The van der Waals surface area contributed by atoms with E-state index in [1.165, 1.54) is 5.56 Å². The number of para-hydroxylation sites is 1. The second kappa shape index (κ2) is 9.88. The van der Waals surface area contributed by atoms with Gasteiger partial charge in [0.05, 0.1) is 12.2 Å². The predicted molar refractivity (Wildman–Crippen MR) is 112 cm³/mol. The number of aromatic nitrogens is 1. The molecule has 5 heteroatoms. The fraction of sp³-hybridized carbons (Fsp3) is 0.545. The molecule has 0 radical (unpaired) electrons. The average Bonchev–Trinajstić information content (AvgIpc) is 3.10. The molecule has 0 bridgehead atoms. The van der Waals surface area contributed by atoms with Gasteiger partial charge in [0, 0.05) is 17.3 Å². The molecule has 0 aliphatic carbocycles. The number of hydrogen-bond donors (Lipinski definition) is 0. The van der Waals surface area contributed by atoms with Crippen molar-refractivity contribution >= 4 is 17.2 Å². The summed E-state index contributed by atoms with van der Waals surface area (Å²) in [6.07, 6.45) is 0.935. The van der Waals surface area contributed by atoms with Crippen molar-refractivity contribution in [3.05, 3.63) is 45.9 Å². The summed E-state index contributed by atoms with van der Waals surface area (Å²) in [6, 6.07) is 8.36. The second-order valence-corrected chi connectivity index (χ2v) is 8.53. The first-order chi connectivity index (χ1) is 12.8. The van der Waals surface area contributed by atoms with Crippen molar-refractivity contribution in [2.75, 3.05) is 0 Å². The molecule has 1 aromatic heterocycles. The number of nitrogens with zero attached hydrogens (tertiary/aromatic N) is 2. The average molecular weight is 389 g/mol. The molecule has 4 nitrogen and oxygen atoms in total. The molecule has 1 atom stereocenters. The van der Waals surface area contributed by atoms with Crippen molar-refractivity contribution in [2.24, 2.45) is 5.92 Å². The van der Waals surface area contributed by atoms with Crippen molar-refractivity contribution in [3.8, 4) is 5.75 Å². The van der Waals surface area contributed by atoms with Gasteiger partial charge in [-0.05, 0) is 30.9 Å². The van der Waals surface area contributed by atoms with Crippen LogP contribution in [0.4, 0.5) is 0 Å². The van der Waals surface area contributed by atoms with Gasteiger partial charge in [-0.25, -0.2) is 4.98 Å². The first-order valence-electron chi connectivity index (χ1n) is 9.78. The summed E-state index contributed by atoms with van der Waals surface area (Å²) in [4.78, 5) is 19.2. The van der Waals surface area contributed by atoms with E-state index in [0.29, 0.717) is 19.1 Å². The molecule has 0 aliphatic rings. The molecule has 1 heterocycles. The van der Waals surface area contributed by atoms with Crippen LogP contribution in [0, 0.1) is 5.92 Å². The van der Waals surface area contributed by atoms with Gasteiger partial charge in [0.2, 0.25) is 5.91 Å². The van der Waals surface area contributed by atoms with E-state index >= 15 is 0 Å². The summed E-state index contributed by atoms with van der Waals surface area (Å²) in [5.41, 5.74) is 2.14. The fourth-order valence-corrected chi connectivity index (χ4v) is 3.59. The first kappa shape index (κ1) is 21.4. The zero-order valence-corrected chi connectivity index (χ0v) is 18.2. The number of hydrogen-bond acceptors (Lipinski definition) is 4. The van der Waals surface area contributed by atoms with Crippen LogP contribution in [-0.2, 0) is 17.9 Å². The van der Waals surface area contributed by atoms with Gasteiger partial charge >= 0.3 is 0 Å².